The van der Waals surface area contributed by atoms with Crippen molar-refractivity contribution in [2.75, 3.05) is 6.61 Å². The summed E-state index contributed by atoms with van der Waals surface area (Å²) in [6, 6.07) is 0. The Labute approximate surface area is 109 Å². The Morgan fingerprint density at radius 2 is 2.16 bits per heavy atom. The van der Waals surface area contributed by atoms with Crippen LogP contribution in [0.1, 0.15) is 23.1 Å². The molecule has 0 radical (unpaired) electrons. The second-order valence-corrected chi connectivity index (χ2v) is 3.84. The lowest BCUT2D eigenvalue weighted by Crippen LogP contribution is -2.12. The molecule has 2 aromatic rings. The van der Waals surface area contributed by atoms with E-state index in [-0.39, 0.29) is 23.2 Å². The maximum atomic E-state index is 12.6. The number of esters is 1. The maximum absolute atomic E-state index is 12.6. The molecule has 102 valence electrons. The van der Waals surface area contributed by atoms with Gasteiger partial charge in [0.2, 0.25) is 5.82 Å². The van der Waals surface area contributed by atoms with Crippen LogP contribution >= 0.6 is 11.6 Å². The third-order valence-corrected chi connectivity index (χ3v) is 2.50. The predicted octanol–water partition coefficient (Wildman–Crippen LogP) is 2.81. The lowest BCUT2D eigenvalue weighted by atomic mass is 10.3. The normalized spacial score (nSPS) is 11.8. The van der Waals surface area contributed by atoms with E-state index in [2.05, 4.69) is 15.0 Å². The molecule has 19 heavy (non-hydrogen) atoms. The second kappa shape index (κ2) is 4.69. The van der Waals surface area contributed by atoms with E-state index in [1.54, 1.807) is 6.92 Å². The summed E-state index contributed by atoms with van der Waals surface area (Å²) in [7, 11) is 0. The number of hydrogen-bond donors (Lipinski definition) is 1. The first-order valence-electron chi connectivity index (χ1n) is 5.13. The summed E-state index contributed by atoms with van der Waals surface area (Å²) in [4.78, 5) is 20.6. The van der Waals surface area contributed by atoms with E-state index in [4.69, 9.17) is 16.3 Å². The molecule has 0 aromatic carbocycles. The lowest BCUT2D eigenvalue weighted by Gasteiger charge is -2.06. The number of H-pyrrole nitrogens is 1. The SMILES string of the molecule is CCOC(=O)c1c[nH]c2c(Cl)nc(C(F)(F)F)nc12. The zero-order valence-electron chi connectivity index (χ0n) is 9.51. The number of fused-ring (bicyclic) bond motifs is 1. The van der Waals surface area contributed by atoms with Crippen LogP contribution in [0.15, 0.2) is 6.20 Å². The van der Waals surface area contributed by atoms with Crippen molar-refractivity contribution < 1.29 is 22.7 Å². The van der Waals surface area contributed by atoms with E-state index in [1.807, 2.05) is 0 Å². The molecule has 9 heteroatoms. The van der Waals surface area contributed by atoms with Gasteiger partial charge in [-0.2, -0.15) is 13.2 Å². The number of hydrogen-bond acceptors (Lipinski definition) is 4. The van der Waals surface area contributed by atoms with Gasteiger partial charge < -0.3 is 9.72 Å². The molecule has 0 fully saturated rings. The van der Waals surface area contributed by atoms with Crippen molar-refractivity contribution in [3.63, 3.8) is 0 Å². The number of aromatic nitrogens is 3. The summed E-state index contributed by atoms with van der Waals surface area (Å²) in [5, 5.41) is -0.409. The summed E-state index contributed by atoms with van der Waals surface area (Å²) in [6.45, 7) is 1.67. The number of nitrogens with zero attached hydrogens (tertiary/aromatic N) is 2. The zero-order valence-corrected chi connectivity index (χ0v) is 10.3. The minimum atomic E-state index is -4.75. The molecule has 0 saturated carbocycles. The number of nitrogens with one attached hydrogen (secondary N) is 1. The fourth-order valence-electron chi connectivity index (χ4n) is 1.46. The van der Waals surface area contributed by atoms with Crippen LogP contribution in [0.4, 0.5) is 13.2 Å². The zero-order chi connectivity index (χ0) is 14.2. The van der Waals surface area contributed by atoms with Gasteiger partial charge in [-0.15, -0.1) is 0 Å². The van der Waals surface area contributed by atoms with Gasteiger partial charge in [-0.3, -0.25) is 0 Å². The highest BCUT2D eigenvalue weighted by atomic mass is 35.5. The minimum Gasteiger partial charge on any atom is -0.462 e. The summed E-state index contributed by atoms with van der Waals surface area (Å²) in [6.07, 6.45) is -3.57. The van der Waals surface area contributed by atoms with Gasteiger partial charge in [0.25, 0.3) is 0 Å². The molecule has 2 rings (SSSR count). The fraction of sp³-hybridized carbons (Fsp3) is 0.300. The number of aromatic amines is 1. The second-order valence-electron chi connectivity index (χ2n) is 3.48. The highest BCUT2D eigenvalue weighted by molar-refractivity contribution is 6.34. The van der Waals surface area contributed by atoms with Crippen molar-refractivity contribution in [1.82, 2.24) is 15.0 Å². The molecule has 0 saturated heterocycles. The number of halogens is 4. The summed E-state index contributed by atoms with van der Waals surface area (Å²) < 4.78 is 42.4. The van der Waals surface area contributed by atoms with Gasteiger partial charge in [-0.05, 0) is 6.92 Å². The standard InChI is InChI=1S/C10H7ClF3N3O2/c1-2-19-8(18)4-3-15-6-5(4)16-9(10(12,13)14)17-7(6)11/h3,15H,2H2,1H3. The highest BCUT2D eigenvalue weighted by Crippen LogP contribution is 2.31. The van der Waals surface area contributed by atoms with Crippen LogP contribution in [0.2, 0.25) is 5.15 Å². The fourth-order valence-corrected chi connectivity index (χ4v) is 1.68. The monoisotopic (exact) mass is 293 g/mol. The first-order chi connectivity index (χ1) is 8.84. The van der Waals surface area contributed by atoms with Crippen LogP contribution in [0.5, 0.6) is 0 Å². The molecule has 0 aliphatic heterocycles. The molecule has 2 heterocycles. The van der Waals surface area contributed by atoms with Crippen molar-refractivity contribution in [3.05, 3.63) is 22.7 Å². The third-order valence-electron chi connectivity index (χ3n) is 2.23. The van der Waals surface area contributed by atoms with Crippen LogP contribution in [0.3, 0.4) is 0 Å². The molecular weight excluding hydrogens is 287 g/mol. The number of carbonyl (C=O) groups is 1. The first kappa shape index (κ1) is 13.6. The molecule has 0 amide bonds. The van der Waals surface area contributed by atoms with Gasteiger partial charge in [-0.1, -0.05) is 11.6 Å². The number of carbonyl (C=O) groups excluding carboxylic acids is 1. The average Bonchev–Trinajstić information content (AvgIpc) is 2.72. The molecule has 1 N–H and O–H groups in total. The van der Waals surface area contributed by atoms with Crippen molar-refractivity contribution >= 4 is 28.6 Å². The highest BCUT2D eigenvalue weighted by Gasteiger charge is 2.36. The lowest BCUT2D eigenvalue weighted by molar-refractivity contribution is -0.144. The average molecular weight is 294 g/mol. The molecule has 2 aromatic heterocycles. The van der Waals surface area contributed by atoms with Crippen LogP contribution < -0.4 is 0 Å². The van der Waals surface area contributed by atoms with E-state index >= 15 is 0 Å². The van der Waals surface area contributed by atoms with Gasteiger partial charge in [0.15, 0.2) is 5.15 Å². The minimum absolute atomic E-state index is 0.0534. The van der Waals surface area contributed by atoms with Gasteiger partial charge in [0.05, 0.1) is 6.61 Å². The third kappa shape index (κ3) is 2.48. The van der Waals surface area contributed by atoms with Crippen LogP contribution in [0.25, 0.3) is 11.0 Å². The van der Waals surface area contributed by atoms with E-state index in [0.717, 1.165) is 0 Å². The Morgan fingerprint density at radius 3 is 2.74 bits per heavy atom. The van der Waals surface area contributed by atoms with Crippen molar-refractivity contribution in [3.8, 4) is 0 Å². The van der Waals surface area contributed by atoms with E-state index in [9.17, 15) is 18.0 Å². The van der Waals surface area contributed by atoms with E-state index in [0.29, 0.717) is 0 Å². The molecule has 0 aliphatic rings. The number of alkyl halides is 3. The van der Waals surface area contributed by atoms with Crippen LogP contribution in [-0.2, 0) is 10.9 Å². The van der Waals surface area contributed by atoms with Gasteiger partial charge in [0.1, 0.15) is 16.6 Å². The van der Waals surface area contributed by atoms with Crippen LogP contribution in [0, 0.1) is 0 Å². The molecule has 0 spiro atoms. The molecule has 5 nitrogen and oxygen atoms in total. The Balaban J connectivity index is 2.63. The largest absolute Gasteiger partial charge is 0.462 e. The molecule has 0 aliphatic carbocycles. The van der Waals surface area contributed by atoms with Crippen molar-refractivity contribution in [2.45, 2.75) is 13.1 Å². The van der Waals surface area contributed by atoms with E-state index < -0.39 is 23.1 Å². The van der Waals surface area contributed by atoms with Gasteiger partial charge >= 0.3 is 12.1 Å². The smallest absolute Gasteiger partial charge is 0.451 e. The number of ether oxygens (including phenoxy) is 1. The first-order valence-corrected chi connectivity index (χ1v) is 5.51. The van der Waals surface area contributed by atoms with E-state index in [1.165, 1.54) is 6.20 Å². The molecule has 0 bridgehead atoms. The number of rotatable bonds is 2. The van der Waals surface area contributed by atoms with Crippen LogP contribution in [-0.4, -0.2) is 27.5 Å². The Morgan fingerprint density at radius 1 is 1.47 bits per heavy atom. The summed E-state index contributed by atoms with van der Waals surface area (Å²) >= 11 is 5.63. The molecule has 0 atom stereocenters. The molecule has 0 unspecified atom stereocenters. The summed E-state index contributed by atoms with van der Waals surface area (Å²) in [5.74, 6) is -2.19. The Hall–Kier alpha value is -1.83. The quantitative estimate of drug-likeness (QED) is 0.683. The van der Waals surface area contributed by atoms with Gasteiger partial charge in [-0.25, -0.2) is 14.8 Å². The topological polar surface area (TPSA) is 67.9 Å². The maximum Gasteiger partial charge on any atom is 0.451 e. The predicted molar refractivity (Wildman–Crippen MR) is 59.9 cm³/mol. The summed E-state index contributed by atoms with van der Waals surface area (Å²) in [5.41, 5.74) is -0.282. The van der Waals surface area contributed by atoms with Gasteiger partial charge in [0, 0.05) is 6.20 Å². The molecular formula is C10H7ClF3N3O2. The van der Waals surface area contributed by atoms with Crippen molar-refractivity contribution in [2.24, 2.45) is 0 Å². The Kier molecular flexibility index (Phi) is 3.36. The Bertz CT molecular complexity index is 639. The van der Waals surface area contributed by atoms with Crippen molar-refractivity contribution in [1.29, 1.82) is 0 Å².